The van der Waals surface area contributed by atoms with Crippen molar-refractivity contribution in [1.29, 1.82) is 0 Å². The van der Waals surface area contributed by atoms with Gasteiger partial charge in [0.05, 0.1) is 9.47 Å². The van der Waals surface area contributed by atoms with Crippen LogP contribution < -0.4 is 5.32 Å². The van der Waals surface area contributed by atoms with Crippen molar-refractivity contribution in [3.63, 3.8) is 0 Å². The number of hydrogen-bond donors (Lipinski definition) is 2. The van der Waals surface area contributed by atoms with Crippen molar-refractivity contribution in [2.24, 2.45) is 0 Å². The number of carboxylic acid groups (broad SMARTS) is 1. The lowest BCUT2D eigenvalue weighted by Crippen LogP contribution is -2.31. The van der Waals surface area contributed by atoms with Crippen molar-refractivity contribution in [1.82, 2.24) is 9.88 Å². The molecule has 0 saturated carbocycles. The summed E-state index contributed by atoms with van der Waals surface area (Å²) in [5, 5.41) is 13.5. The number of nitrogens with one attached hydrogen (secondary N) is 1. The Morgan fingerprint density at radius 1 is 1.52 bits per heavy atom. The third-order valence-corrected chi connectivity index (χ3v) is 4.19. The highest BCUT2D eigenvalue weighted by Gasteiger charge is 2.16. The first kappa shape index (κ1) is 15.5. The molecule has 0 bridgehead atoms. The lowest BCUT2D eigenvalue weighted by molar-refractivity contribution is 0.0691. The van der Waals surface area contributed by atoms with Gasteiger partial charge in [0, 0.05) is 19.8 Å². The summed E-state index contributed by atoms with van der Waals surface area (Å²) in [6.07, 6.45) is 1.37. The number of aromatic carboxylic acids is 1. The van der Waals surface area contributed by atoms with Gasteiger partial charge in [0.25, 0.3) is 0 Å². The number of carbonyl (C=O) groups excluding carboxylic acids is 1. The molecule has 0 spiro atoms. The monoisotopic (exact) mass is 369 g/mol. The first-order chi connectivity index (χ1) is 9.97. The summed E-state index contributed by atoms with van der Waals surface area (Å²) in [5.41, 5.74) is 0.986. The minimum absolute atomic E-state index is 0.174. The molecule has 0 aliphatic carbocycles. The van der Waals surface area contributed by atoms with Gasteiger partial charge in [0.1, 0.15) is 0 Å². The highest BCUT2D eigenvalue weighted by Crippen LogP contribution is 2.21. The van der Waals surface area contributed by atoms with Crippen LogP contribution in [0.1, 0.15) is 16.1 Å². The molecule has 2 aromatic heterocycles. The number of hydrogen-bond acceptors (Lipinski definition) is 4. The van der Waals surface area contributed by atoms with Gasteiger partial charge in [-0.2, -0.15) is 0 Å². The van der Waals surface area contributed by atoms with Gasteiger partial charge in [-0.15, -0.1) is 11.3 Å². The molecule has 110 valence electrons. The van der Waals surface area contributed by atoms with Gasteiger partial charge in [-0.25, -0.2) is 14.6 Å². The molecule has 2 heterocycles. The molecule has 2 amide bonds. The molecular weight excluding hydrogens is 358 g/mol. The fourth-order valence-corrected chi connectivity index (χ4v) is 2.86. The van der Waals surface area contributed by atoms with Crippen LogP contribution in [-0.4, -0.2) is 34.0 Å². The fraction of sp³-hybridized carbons (Fsp3) is 0.154. The minimum atomic E-state index is -1.18. The number of halogens is 1. The number of pyridine rings is 1. The van der Waals surface area contributed by atoms with E-state index in [9.17, 15) is 9.59 Å². The van der Waals surface area contributed by atoms with Crippen LogP contribution >= 0.6 is 27.3 Å². The van der Waals surface area contributed by atoms with Crippen LogP contribution in [-0.2, 0) is 6.54 Å². The maximum Gasteiger partial charge on any atom is 0.356 e. The largest absolute Gasteiger partial charge is 0.476 e. The number of aromatic nitrogens is 1. The van der Waals surface area contributed by atoms with Crippen molar-refractivity contribution in [2.75, 3.05) is 12.4 Å². The van der Waals surface area contributed by atoms with E-state index in [2.05, 4.69) is 26.2 Å². The molecule has 2 rings (SSSR count). The normalized spacial score (nSPS) is 10.2. The van der Waals surface area contributed by atoms with Crippen LogP contribution in [0.4, 0.5) is 10.5 Å². The topological polar surface area (TPSA) is 82.5 Å². The Morgan fingerprint density at radius 2 is 2.29 bits per heavy atom. The minimum Gasteiger partial charge on any atom is -0.476 e. The van der Waals surface area contributed by atoms with Crippen molar-refractivity contribution in [3.8, 4) is 0 Å². The molecule has 0 radical (unpaired) electrons. The standard InChI is InChI=1S/C13H12BrN3O3S/c1-17(6-8-5-10(14)21-7-8)13(20)16-9-3-2-4-15-11(9)12(18)19/h2-5,7H,6H2,1H3,(H,16,20)(H,18,19). The number of anilines is 1. The Kier molecular flexibility index (Phi) is 4.92. The molecule has 2 aromatic rings. The van der Waals surface area contributed by atoms with Gasteiger partial charge in [-0.05, 0) is 45.1 Å². The van der Waals surface area contributed by atoms with E-state index in [4.69, 9.17) is 5.11 Å². The number of nitrogens with zero attached hydrogens (tertiary/aromatic N) is 2. The first-order valence-electron chi connectivity index (χ1n) is 5.90. The van der Waals surface area contributed by atoms with Crippen LogP contribution in [0.3, 0.4) is 0 Å². The van der Waals surface area contributed by atoms with Crippen LogP contribution in [0.25, 0.3) is 0 Å². The van der Waals surface area contributed by atoms with Crippen molar-refractivity contribution in [3.05, 3.63) is 44.8 Å². The molecule has 0 fully saturated rings. The number of carbonyl (C=O) groups is 2. The van der Waals surface area contributed by atoms with Crippen LogP contribution in [0.2, 0.25) is 0 Å². The number of carboxylic acids is 1. The number of thiophene rings is 1. The highest BCUT2D eigenvalue weighted by molar-refractivity contribution is 9.11. The summed E-state index contributed by atoms with van der Waals surface area (Å²) in [5.74, 6) is -1.18. The zero-order valence-electron chi connectivity index (χ0n) is 11.0. The maximum absolute atomic E-state index is 12.1. The Bertz CT molecular complexity index is 674. The molecule has 0 aliphatic heterocycles. The quantitative estimate of drug-likeness (QED) is 0.866. The second-order valence-electron chi connectivity index (χ2n) is 4.25. The number of urea groups is 1. The maximum atomic E-state index is 12.1. The molecule has 0 aromatic carbocycles. The first-order valence-corrected chi connectivity index (χ1v) is 7.58. The summed E-state index contributed by atoms with van der Waals surface area (Å²) in [6, 6.07) is 4.61. The zero-order valence-corrected chi connectivity index (χ0v) is 13.4. The van der Waals surface area contributed by atoms with Crippen molar-refractivity contribution >= 4 is 45.0 Å². The van der Waals surface area contributed by atoms with E-state index >= 15 is 0 Å². The summed E-state index contributed by atoms with van der Waals surface area (Å²) in [4.78, 5) is 28.3. The summed E-state index contributed by atoms with van der Waals surface area (Å²) < 4.78 is 0.992. The highest BCUT2D eigenvalue weighted by atomic mass is 79.9. The predicted octanol–water partition coefficient (Wildman–Crippen LogP) is 3.27. The van der Waals surface area contributed by atoms with E-state index in [1.807, 2.05) is 11.4 Å². The van der Waals surface area contributed by atoms with E-state index in [0.717, 1.165) is 9.35 Å². The molecule has 0 atom stereocenters. The van der Waals surface area contributed by atoms with E-state index in [-0.39, 0.29) is 11.4 Å². The Labute approximate surface area is 133 Å². The smallest absolute Gasteiger partial charge is 0.356 e. The number of amides is 2. The SMILES string of the molecule is CN(Cc1csc(Br)c1)C(=O)Nc1cccnc1C(=O)O. The van der Waals surface area contributed by atoms with Gasteiger partial charge in [0.15, 0.2) is 5.69 Å². The van der Waals surface area contributed by atoms with Crippen molar-refractivity contribution in [2.45, 2.75) is 6.54 Å². The van der Waals surface area contributed by atoms with E-state index in [1.165, 1.54) is 28.5 Å². The Morgan fingerprint density at radius 3 is 2.90 bits per heavy atom. The zero-order chi connectivity index (χ0) is 15.4. The Hall–Kier alpha value is -1.93. The average molecular weight is 370 g/mol. The van der Waals surface area contributed by atoms with Gasteiger partial charge in [-0.3, -0.25) is 0 Å². The molecule has 0 aliphatic rings. The van der Waals surface area contributed by atoms with Crippen molar-refractivity contribution < 1.29 is 14.7 Å². The molecular formula is C13H12BrN3O3S. The third-order valence-electron chi connectivity index (χ3n) is 2.64. The van der Waals surface area contributed by atoms with E-state index < -0.39 is 12.0 Å². The molecule has 0 saturated heterocycles. The van der Waals surface area contributed by atoms with Gasteiger partial charge >= 0.3 is 12.0 Å². The molecule has 6 nitrogen and oxygen atoms in total. The van der Waals surface area contributed by atoms with Gasteiger partial charge in [0.2, 0.25) is 0 Å². The van der Waals surface area contributed by atoms with Crippen LogP contribution in [0.5, 0.6) is 0 Å². The van der Waals surface area contributed by atoms with E-state index in [0.29, 0.717) is 6.54 Å². The van der Waals surface area contributed by atoms with Gasteiger partial charge in [-0.1, -0.05) is 0 Å². The predicted molar refractivity (Wildman–Crippen MR) is 83.7 cm³/mol. The van der Waals surface area contributed by atoms with Crippen LogP contribution in [0.15, 0.2) is 33.6 Å². The summed E-state index contributed by atoms with van der Waals surface area (Å²) >= 11 is 4.90. The molecule has 8 heteroatoms. The Balaban J connectivity index is 2.05. The van der Waals surface area contributed by atoms with Crippen LogP contribution in [0, 0.1) is 0 Å². The lowest BCUT2D eigenvalue weighted by Gasteiger charge is -2.17. The average Bonchev–Trinajstić information content (AvgIpc) is 2.84. The van der Waals surface area contributed by atoms with Gasteiger partial charge < -0.3 is 15.3 Å². The second kappa shape index (κ2) is 6.68. The molecule has 2 N–H and O–H groups in total. The number of rotatable bonds is 4. The molecule has 21 heavy (non-hydrogen) atoms. The fourth-order valence-electron chi connectivity index (χ4n) is 1.66. The van der Waals surface area contributed by atoms with E-state index in [1.54, 1.807) is 13.1 Å². The third kappa shape index (κ3) is 4.02. The second-order valence-corrected chi connectivity index (χ2v) is 6.54. The summed E-state index contributed by atoms with van der Waals surface area (Å²) in [7, 11) is 1.64. The summed E-state index contributed by atoms with van der Waals surface area (Å²) in [6.45, 7) is 0.427. The lowest BCUT2D eigenvalue weighted by atomic mass is 10.3. The molecule has 0 unspecified atom stereocenters.